The van der Waals surface area contributed by atoms with Gasteiger partial charge in [0.15, 0.2) is 0 Å². The van der Waals surface area contributed by atoms with Gasteiger partial charge in [0.1, 0.15) is 0 Å². The van der Waals surface area contributed by atoms with E-state index in [-0.39, 0.29) is 11.8 Å². The summed E-state index contributed by atoms with van der Waals surface area (Å²) < 4.78 is 0. The van der Waals surface area contributed by atoms with Crippen LogP contribution >= 0.6 is 0 Å². The maximum absolute atomic E-state index is 12.3. The molecule has 1 atom stereocenters. The Balaban J connectivity index is 1.59. The van der Waals surface area contributed by atoms with Crippen LogP contribution in [0.15, 0.2) is 54.6 Å². The van der Waals surface area contributed by atoms with Crippen molar-refractivity contribution in [3.8, 4) is 0 Å². The average molecular weight is 282 g/mol. The molecule has 0 fully saturated rings. The van der Waals surface area contributed by atoms with Crippen molar-refractivity contribution in [1.29, 1.82) is 0 Å². The smallest absolute Gasteiger partial charge is 0.252 e. The lowest BCUT2D eigenvalue weighted by Gasteiger charge is -2.25. The van der Waals surface area contributed by atoms with Crippen molar-refractivity contribution >= 4 is 5.91 Å². The predicted octanol–water partition coefficient (Wildman–Crippen LogP) is 2.12. The number of fused-ring (bicyclic) bond motifs is 1. The van der Waals surface area contributed by atoms with Gasteiger partial charge in [-0.1, -0.05) is 54.6 Å². The van der Waals surface area contributed by atoms with Gasteiger partial charge in [-0.15, -0.1) is 0 Å². The van der Waals surface area contributed by atoms with Crippen molar-refractivity contribution in [3.05, 3.63) is 71.3 Å². The summed E-state index contributed by atoms with van der Waals surface area (Å²) in [5, 5.41) is 3.26. The Bertz CT molecular complexity index is 613. The summed E-state index contributed by atoms with van der Waals surface area (Å²) in [6, 6.07) is 17.8. The van der Waals surface area contributed by atoms with Crippen molar-refractivity contribution in [3.63, 3.8) is 0 Å². The second-order valence-electron chi connectivity index (χ2n) is 5.12. The van der Waals surface area contributed by atoms with E-state index in [9.17, 15) is 4.79 Å². The van der Waals surface area contributed by atoms with Gasteiger partial charge >= 0.3 is 0 Å². The van der Waals surface area contributed by atoms with Crippen LogP contribution in [0.3, 0.4) is 0 Å². The van der Waals surface area contributed by atoms with Gasteiger partial charge in [-0.25, -0.2) is 5.48 Å². The highest BCUT2D eigenvalue weighted by Gasteiger charge is 2.26. The number of carbonyl (C=O) groups excluding carboxylic acids is 1. The molecule has 0 aliphatic carbocycles. The first-order valence-corrected chi connectivity index (χ1v) is 7.08. The fourth-order valence-corrected chi connectivity index (χ4v) is 2.57. The van der Waals surface area contributed by atoms with Gasteiger partial charge in [0.2, 0.25) is 0 Å². The summed E-state index contributed by atoms with van der Waals surface area (Å²) >= 11 is 0. The van der Waals surface area contributed by atoms with E-state index in [2.05, 4.69) is 10.8 Å². The van der Waals surface area contributed by atoms with Gasteiger partial charge in [0.05, 0.1) is 12.5 Å². The minimum absolute atomic E-state index is 0.106. The second kappa shape index (κ2) is 6.52. The number of rotatable bonds is 4. The Morgan fingerprint density at radius 2 is 1.90 bits per heavy atom. The summed E-state index contributed by atoms with van der Waals surface area (Å²) in [5.41, 5.74) is 5.84. The van der Waals surface area contributed by atoms with Gasteiger partial charge in [-0.05, 0) is 16.7 Å². The van der Waals surface area contributed by atoms with Gasteiger partial charge in [-0.2, -0.15) is 0 Å². The van der Waals surface area contributed by atoms with Crippen molar-refractivity contribution in [2.75, 3.05) is 6.54 Å². The van der Waals surface area contributed by atoms with Gasteiger partial charge in [0.25, 0.3) is 5.91 Å². The third-order valence-corrected chi connectivity index (χ3v) is 3.67. The molecule has 2 aromatic carbocycles. The number of hydrogen-bond acceptors (Lipinski definition) is 3. The standard InChI is InChI=1S/C17H18N2O2/c20-17(19-21-12-13-6-2-1-3-7-13)16-11-18-10-14-8-4-5-9-15(14)16/h1-9,16,18H,10-12H2,(H,19,20). The Hall–Kier alpha value is -2.17. The molecule has 1 aliphatic heterocycles. The molecule has 108 valence electrons. The molecule has 0 radical (unpaired) electrons. The number of hydroxylamine groups is 1. The fraction of sp³-hybridized carbons (Fsp3) is 0.235. The van der Waals surface area contributed by atoms with Crippen molar-refractivity contribution in [1.82, 2.24) is 10.8 Å². The summed E-state index contributed by atoms with van der Waals surface area (Å²) in [5.74, 6) is -0.309. The molecule has 0 aromatic heterocycles. The molecule has 1 unspecified atom stereocenters. The minimum Gasteiger partial charge on any atom is -0.312 e. The van der Waals surface area contributed by atoms with Crippen LogP contribution in [0.2, 0.25) is 0 Å². The molecule has 21 heavy (non-hydrogen) atoms. The lowest BCUT2D eigenvalue weighted by Crippen LogP contribution is -2.38. The second-order valence-corrected chi connectivity index (χ2v) is 5.12. The number of carbonyl (C=O) groups is 1. The molecule has 0 spiro atoms. The zero-order valence-electron chi connectivity index (χ0n) is 11.7. The maximum atomic E-state index is 12.3. The number of amides is 1. The van der Waals surface area contributed by atoms with Crippen LogP contribution < -0.4 is 10.8 Å². The summed E-state index contributed by atoms with van der Waals surface area (Å²) in [4.78, 5) is 17.6. The molecule has 3 rings (SSSR count). The van der Waals surface area contributed by atoms with E-state index < -0.39 is 0 Å². The molecule has 1 aliphatic rings. The van der Waals surface area contributed by atoms with E-state index in [1.165, 1.54) is 5.56 Å². The summed E-state index contributed by atoms with van der Waals surface area (Å²) in [7, 11) is 0. The molecule has 1 amide bonds. The van der Waals surface area contributed by atoms with Gasteiger partial charge in [-0.3, -0.25) is 9.63 Å². The normalized spacial score (nSPS) is 17.0. The monoisotopic (exact) mass is 282 g/mol. The van der Waals surface area contributed by atoms with E-state index >= 15 is 0 Å². The molecule has 0 saturated heterocycles. The topological polar surface area (TPSA) is 50.4 Å². The summed E-state index contributed by atoms with van der Waals surface area (Å²) in [6.07, 6.45) is 0. The lowest BCUT2D eigenvalue weighted by atomic mass is 9.90. The van der Waals surface area contributed by atoms with Crippen LogP contribution in [0.4, 0.5) is 0 Å². The highest BCUT2D eigenvalue weighted by molar-refractivity contribution is 5.83. The lowest BCUT2D eigenvalue weighted by molar-refractivity contribution is -0.136. The first-order valence-electron chi connectivity index (χ1n) is 7.08. The quantitative estimate of drug-likeness (QED) is 0.845. The van der Waals surface area contributed by atoms with Crippen LogP contribution in [0.25, 0.3) is 0 Å². The molecule has 1 heterocycles. The van der Waals surface area contributed by atoms with E-state index in [1.54, 1.807) is 0 Å². The van der Waals surface area contributed by atoms with Crippen LogP contribution in [-0.4, -0.2) is 12.5 Å². The molecule has 4 heteroatoms. The van der Waals surface area contributed by atoms with Crippen LogP contribution in [0.5, 0.6) is 0 Å². The molecule has 0 bridgehead atoms. The number of benzene rings is 2. The highest BCUT2D eigenvalue weighted by atomic mass is 16.6. The van der Waals surface area contributed by atoms with E-state index in [0.29, 0.717) is 13.2 Å². The Morgan fingerprint density at radius 3 is 2.76 bits per heavy atom. The Labute approximate surface area is 124 Å². The molecule has 0 saturated carbocycles. The maximum Gasteiger partial charge on any atom is 0.252 e. The van der Waals surface area contributed by atoms with E-state index in [0.717, 1.165) is 17.7 Å². The largest absolute Gasteiger partial charge is 0.312 e. The summed E-state index contributed by atoms with van der Waals surface area (Å²) in [6.45, 7) is 1.82. The Morgan fingerprint density at radius 1 is 1.14 bits per heavy atom. The minimum atomic E-state index is -0.203. The third kappa shape index (κ3) is 3.29. The van der Waals surface area contributed by atoms with Gasteiger partial charge < -0.3 is 5.32 Å². The van der Waals surface area contributed by atoms with Crippen molar-refractivity contribution in [2.24, 2.45) is 0 Å². The first-order chi connectivity index (χ1) is 10.3. The molecular weight excluding hydrogens is 264 g/mol. The fourth-order valence-electron chi connectivity index (χ4n) is 2.57. The van der Waals surface area contributed by atoms with Crippen molar-refractivity contribution in [2.45, 2.75) is 19.1 Å². The zero-order valence-corrected chi connectivity index (χ0v) is 11.7. The first kappa shape index (κ1) is 13.8. The van der Waals surface area contributed by atoms with Crippen LogP contribution in [0, 0.1) is 0 Å². The highest BCUT2D eigenvalue weighted by Crippen LogP contribution is 2.23. The third-order valence-electron chi connectivity index (χ3n) is 3.67. The zero-order chi connectivity index (χ0) is 14.5. The average Bonchev–Trinajstić information content (AvgIpc) is 2.55. The van der Waals surface area contributed by atoms with Crippen LogP contribution in [0.1, 0.15) is 22.6 Å². The molecule has 2 N–H and O–H groups in total. The Kier molecular flexibility index (Phi) is 4.28. The molecule has 4 nitrogen and oxygen atoms in total. The number of nitrogens with one attached hydrogen (secondary N) is 2. The SMILES string of the molecule is O=C(NOCc1ccccc1)C1CNCc2ccccc21. The molecular formula is C17H18N2O2. The number of hydrogen-bond donors (Lipinski definition) is 2. The predicted molar refractivity (Wildman–Crippen MR) is 80.3 cm³/mol. The van der Waals surface area contributed by atoms with E-state index in [4.69, 9.17) is 4.84 Å². The van der Waals surface area contributed by atoms with Crippen molar-refractivity contribution < 1.29 is 9.63 Å². The van der Waals surface area contributed by atoms with Crippen LogP contribution in [-0.2, 0) is 22.8 Å². The molecule has 2 aromatic rings. The van der Waals surface area contributed by atoms with Gasteiger partial charge in [0, 0.05) is 13.1 Å². The van der Waals surface area contributed by atoms with E-state index in [1.807, 2.05) is 54.6 Å².